The molecule has 0 radical (unpaired) electrons. The van der Waals surface area contributed by atoms with Crippen LogP contribution in [0.4, 0.5) is 0 Å². The maximum absolute atomic E-state index is 12.5. The van der Waals surface area contributed by atoms with E-state index in [4.69, 9.17) is 43.5 Å². The molecule has 1 amide bonds. The second kappa shape index (κ2) is 26.6. The van der Waals surface area contributed by atoms with Gasteiger partial charge in [0.15, 0.2) is 0 Å². The molecule has 5 N–H and O–H groups in total. The van der Waals surface area contributed by atoms with Crippen LogP contribution in [0.1, 0.15) is 78.6 Å². The van der Waals surface area contributed by atoms with Crippen LogP contribution in [0, 0.1) is 11.8 Å². The molecule has 0 aromatic heterocycles. The molecule has 21 nitrogen and oxygen atoms in total. The van der Waals surface area contributed by atoms with Gasteiger partial charge in [-0.05, 0) is 37.6 Å². The Bertz CT molecular complexity index is 1320. The van der Waals surface area contributed by atoms with Gasteiger partial charge >= 0.3 is 23.5 Å². The number of carbonyl (C=O) groups excluding carboxylic acids is 1. The smallest absolute Gasteiger partial charge is 0.431 e. The zero-order valence-electron chi connectivity index (χ0n) is 31.4. The Morgan fingerprint density at radius 1 is 0.909 bits per heavy atom. The first kappa shape index (κ1) is 50.6. The van der Waals surface area contributed by atoms with Crippen LogP contribution in [0.5, 0.6) is 0 Å². The van der Waals surface area contributed by atoms with Crippen molar-refractivity contribution in [2.24, 2.45) is 17.1 Å². The van der Waals surface area contributed by atoms with Gasteiger partial charge in [-0.25, -0.2) is 13.7 Å². The first-order valence-corrected chi connectivity index (χ1v) is 24.8. The van der Waals surface area contributed by atoms with Gasteiger partial charge in [0.05, 0.1) is 58.5 Å². The van der Waals surface area contributed by atoms with Crippen LogP contribution in [0.2, 0.25) is 0 Å². The van der Waals surface area contributed by atoms with E-state index >= 15 is 0 Å². The molecule has 7 atom stereocenters. The van der Waals surface area contributed by atoms with Crippen molar-refractivity contribution in [3.63, 3.8) is 0 Å². The second-order valence-electron chi connectivity index (χ2n) is 13.5. The predicted molar refractivity (Wildman–Crippen MR) is 202 cm³/mol. The van der Waals surface area contributed by atoms with E-state index in [-0.39, 0.29) is 54.9 Å². The molecule has 1 aliphatic heterocycles. The number of nitrogens with one attached hydrogen (secondary N) is 1. The van der Waals surface area contributed by atoms with E-state index in [1.54, 1.807) is 0 Å². The van der Waals surface area contributed by atoms with Crippen molar-refractivity contribution < 1.29 is 79.7 Å². The molecule has 26 heteroatoms. The van der Waals surface area contributed by atoms with E-state index in [1.807, 2.05) is 13.8 Å². The second-order valence-corrected chi connectivity index (χ2v) is 20.8. The monoisotopic (exact) mass is 890 g/mol. The van der Waals surface area contributed by atoms with Crippen LogP contribution in [0.25, 0.3) is 10.4 Å². The molecule has 5 unspecified atom stereocenters. The van der Waals surface area contributed by atoms with Crippen molar-refractivity contribution >= 4 is 51.0 Å². The van der Waals surface area contributed by atoms with E-state index in [0.717, 1.165) is 32.1 Å². The Morgan fingerprint density at radius 2 is 1.53 bits per heavy atom. The molecule has 1 aliphatic carbocycles. The van der Waals surface area contributed by atoms with Gasteiger partial charge in [0, 0.05) is 29.0 Å². The summed E-state index contributed by atoms with van der Waals surface area (Å²) in [6.45, 7) is 7.92. The van der Waals surface area contributed by atoms with Crippen molar-refractivity contribution in [3.05, 3.63) is 10.4 Å². The Hall–Kier alpha value is -0.510. The number of azide groups is 1. The lowest BCUT2D eigenvalue weighted by Gasteiger charge is -2.29. The maximum Gasteiger partial charge on any atom is 0.490 e. The molecule has 0 aromatic carbocycles. The fraction of sp³-hybridized carbons (Fsp3) is 0.966. The minimum Gasteiger partial charge on any atom is -0.431 e. The fourth-order valence-electron chi connectivity index (χ4n) is 5.84. The Balaban J connectivity index is 1.79. The molecule has 0 spiro atoms. The molecule has 1 saturated heterocycles. The molecular formula is C29H57N4O17P3S2. The Kier molecular flexibility index (Phi) is 24.5. The van der Waals surface area contributed by atoms with Crippen LogP contribution in [0.3, 0.4) is 0 Å². The summed E-state index contributed by atoms with van der Waals surface area (Å²) >= 11 is 0. The fourth-order valence-corrected chi connectivity index (χ4v) is 11.0. The van der Waals surface area contributed by atoms with Gasteiger partial charge in [-0.15, -0.1) is 0 Å². The number of phosphoric ester groups is 1. The number of hydrogen-bond donors (Lipinski definition) is 5. The molecular weight excluding hydrogens is 833 g/mol. The zero-order valence-corrected chi connectivity index (χ0v) is 35.7. The molecule has 0 bridgehead atoms. The number of hydrogen-bond acceptors (Lipinski definition) is 16. The lowest BCUT2D eigenvalue weighted by molar-refractivity contribution is -0.122. The topological polar surface area (TPSA) is 293 Å². The number of carbonyl (C=O) groups is 1. The highest BCUT2D eigenvalue weighted by molar-refractivity contribution is 8.77. The highest BCUT2D eigenvalue weighted by Gasteiger charge is 2.45. The summed E-state index contributed by atoms with van der Waals surface area (Å²) < 4.78 is 76.1. The summed E-state index contributed by atoms with van der Waals surface area (Å²) in [6, 6.07) is 0. The average Bonchev–Trinajstić information content (AvgIpc) is 3.52. The summed E-state index contributed by atoms with van der Waals surface area (Å²) in [6.07, 6.45) is 6.60. The lowest BCUT2D eigenvalue weighted by atomic mass is 9.81. The number of phosphoric acid groups is 3. The van der Waals surface area contributed by atoms with Gasteiger partial charge in [0.2, 0.25) is 5.91 Å². The first-order chi connectivity index (χ1) is 25.9. The normalized spacial score (nSPS) is 24.7. The number of ether oxygens (including phenoxy) is 5. The summed E-state index contributed by atoms with van der Waals surface area (Å²) in [4.78, 5) is 56.6. The number of nitrogens with zero attached hydrogens (tertiary/aromatic N) is 3. The van der Waals surface area contributed by atoms with E-state index in [9.17, 15) is 28.3 Å². The van der Waals surface area contributed by atoms with Crippen LogP contribution in [-0.2, 0) is 60.2 Å². The highest BCUT2D eigenvalue weighted by Crippen LogP contribution is 2.66. The van der Waals surface area contributed by atoms with Crippen molar-refractivity contribution in [1.82, 2.24) is 5.32 Å². The summed E-state index contributed by atoms with van der Waals surface area (Å²) in [5.74, 6) is 0.602. The highest BCUT2D eigenvalue weighted by atomic mass is 33.1. The van der Waals surface area contributed by atoms with Crippen LogP contribution in [-0.4, -0.2) is 114 Å². The minimum atomic E-state index is -5.67. The van der Waals surface area contributed by atoms with Gasteiger partial charge in [-0.2, -0.15) is 8.62 Å². The quantitative estimate of drug-likeness (QED) is 0.00908. The molecule has 0 aromatic rings. The van der Waals surface area contributed by atoms with Crippen molar-refractivity contribution in [3.8, 4) is 0 Å². The van der Waals surface area contributed by atoms with Gasteiger partial charge < -0.3 is 53.4 Å². The van der Waals surface area contributed by atoms with Crippen molar-refractivity contribution in [2.45, 2.75) is 102 Å². The molecule has 2 fully saturated rings. The first-order valence-electron chi connectivity index (χ1n) is 17.9. The predicted octanol–water partition coefficient (Wildman–Crippen LogP) is 5.78. The Labute approximate surface area is 329 Å². The number of amides is 1. The van der Waals surface area contributed by atoms with Crippen molar-refractivity contribution in [1.29, 1.82) is 0 Å². The van der Waals surface area contributed by atoms with Crippen LogP contribution in [0.15, 0.2) is 5.28 Å². The summed E-state index contributed by atoms with van der Waals surface area (Å²) in [7, 11) is -13.6. The van der Waals surface area contributed by atoms with Gasteiger partial charge in [0.1, 0.15) is 23.9 Å². The van der Waals surface area contributed by atoms with Gasteiger partial charge in [-0.3, -0.25) is 9.32 Å². The molecule has 2 rings (SSSR count). The van der Waals surface area contributed by atoms with Crippen LogP contribution >= 0.6 is 45.1 Å². The maximum atomic E-state index is 12.5. The SMILES string of the molecule is CC1CCCCCCCC1[C@H]1CC(OCSSC(C)(C)CNC(=O)CCOCCOCCOCCON=[N+]=[N-])[C@@H](COP(=O)(O)OP(=O)(O)OP(=O)(O)O)O1. The molecule has 1 saturated carbocycles. The standard InChI is InChI=1S/C29H57N4O17P3S2/c1-23-9-7-5-4-6-8-10-24(23)25-19-26(27(48-25)20-47-52(38,39)50-53(40,41)49-51(35,36)37)45-22-54-55-29(2,3)21-31-28(34)11-12-42-13-14-43-15-16-44-17-18-46-33-32-30/h23-27H,4-22H2,1-3H3,(H,31,34)(H,38,39)(H,40,41)(H2,35,36,37)/t23?,24?,25-,26?,27-/m1/s1. The molecule has 55 heavy (non-hydrogen) atoms. The van der Waals surface area contributed by atoms with Gasteiger partial charge in [-0.1, -0.05) is 67.0 Å². The van der Waals surface area contributed by atoms with E-state index in [1.165, 1.54) is 34.4 Å². The van der Waals surface area contributed by atoms with E-state index in [0.29, 0.717) is 45.3 Å². The minimum absolute atomic E-state index is 0.150. The summed E-state index contributed by atoms with van der Waals surface area (Å²) in [5, 5.41) is 5.83. The van der Waals surface area contributed by atoms with Crippen molar-refractivity contribution in [2.75, 3.05) is 65.3 Å². The summed E-state index contributed by atoms with van der Waals surface area (Å²) in [5.41, 5.74) is 8.10. The Morgan fingerprint density at radius 3 is 2.18 bits per heavy atom. The average molecular weight is 891 g/mol. The van der Waals surface area contributed by atoms with E-state index < -0.39 is 42.3 Å². The van der Waals surface area contributed by atoms with Crippen LogP contribution < -0.4 is 5.32 Å². The largest absolute Gasteiger partial charge is 0.490 e. The third-order valence-corrected chi connectivity index (χ3v) is 15.2. The third kappa shape index (κ3) is 24.2. The lowest BCUT2D eigenvalue weighted by Crippen LogP contribution is -2.36. The molecule has 322 valence electrons. The molecule has 2 aliphatic rings. The third-order valence-electron chi connectivity index (χ3n) is 8.41. The zero-order chi connectivity index (χ0) is 40.8. The van der Waals surface area contributed by atoms with E-state index in [2.05, 4.69) is 35.9 Å². The number of rotatable bonds is 28. The van der Waals surface area contributed by atoms with Gasteiger partial charge in [0.25, 0.3) is 0 Å². The molecule has 1 heterocycles.